The molecular weight excluding hydrogens is 319 g/mol. The summed E-state index contributed by atoms with van der Waals surface area (Å²) >= 11 is 5.63. The van der Waals surface area contributed by atoms with E-state index in [-0.39, 0.29) is 0 Å². The maximum absolute atomic E-state index is 5.32. The predicted octanol–water partition coefficient (Wildman–Crippen LogP) is 2.47. The number of benzene rings is 1. The largest absolute Gasteiger partial charge is 0.324 e. The van der Waals surface area contributed by atoms with Crippen molar-refractivity contribution >= 4 is 44.2 Å². The number of hydrogen-bond donors (Lipinski definition) is 2. The van der Waals surface area contributed by atoms with Gasteiger partial charge in [-0.2, -0.15) is 0 Å². The summed E-state index contributed by atoms with van der Waals surface area (Å²) in [5, 5.41) is 0.823. The zero-order valence-electron chi connectivity index (χ0n) is 5.77. The number of nitrogen functional groups attached to an aromatic ring is 1. The number of halogens is 2. The van der Waals surface area contributed by atoms with Crippen molar-refractivity contribution in [2.45, 2.75) is 5.33 Å². The summed E-state index contributed by atoms with van der Waals surface area (Å²) in [4.78, 5) is 0. The smallest absolute Gasteiger partial charge is 0.0536 e. The summed E-state index contributed by atoms with van der Waals surface area (Å²) in [6.45, 7) is 0. The van der Waals surface area contributed by atoms with Crippen molar-refractivity contribution < 1.29 is 0 Å². The van der Waals surface area contributed by atoms with Gasteiger partial charge in [-0.3, -0.25) is 5.84 Å². The molecular formula is C7H8BrIN2. The zero-order valence-corrected chi connectivity index (χ0v) is 9.52. The molecule has 0 spiro atoms. The van der Waals surface area contributed by atoms with Gasteiger partial charge in [0.25, 0.3) is 0 Å². The summed E-state index contributed by atoms with van der Waals surface area (Å²) in [6.07, 6.45) is 0. The molecule has 0 aliphatic rings. The number of nitrogens with one attached hydrogen (secondary N) is 1. The van der Waals surface area contributed by atoms with Crippen molar-refractivity contribution in [1.82, 2.24) is 0 Å². The van der Waals surface area contributed by atoms with Crippen molar-refractivity contribution in [2.75, 3.05) is 5.43 Å². The Bertz CT molecular complexity index is 252. The average Bonchev–Trinajstić information content (AvgIpc) is 2.04. The maximum atomic E-state index is 5.32. The van der Waals surface area contributed by atoms with E-state index >= 15 is 0 Å². The molecule has 0 amide bonds. The monoisotopic (exact) mass is 326 g/mol. The Morgan fingerprint density at radius 2 is 2.27 bits per heavy atom. The number of hydrogen-bond acceptors (Lipinski definition) is 2. The SMILES string of the molecule is NNc1cc(I)ccc1CBr. The minimum atomic E-state index is 0.823. The van der Waals surface area contributed by atoms with Crippen molar-refractivity contribution in [3.8, 4) is 0 Å². The van der Waals surface area contributed by atoms with Gasteiger partial charge in [0.05, 0.1) is 5.69 Å². The van der Waals surface area contributed by atoms with Crippen LogP contribution in [0.2, 0.25) is 0 Å². The van der Waals surface area contributed by atoms with Gasteiger partial charge >= 0.3 is 0 Å². The molecule has 11 heavy (non-hydrogen) atoms. The van der Waals surface area contributed by atoms with E-state index in [1.807, 2.05) is 12.1 Å². The van der Waals surface area contributed by atoms with Crippen LogP contribution in [-0.2, 0) is 5.33 Å². The molecule has 0 fully saturated rings. The van der Waals surface area contributed by atoms with E-state index < -0.39 is 0 Å². The van der Waals surface area contributed by atoms with Gasteiger partial charge < -0.3 is 5.43 Å². The Hall–Kier alpha value is 0.190. The molecule has 4 heteroatoms. The summed E-state index contributed by atoms with van der Waals surface area (Å²) < 4.78 is 1.18. The fourth-order valence-electron chi connectivity index (χ4n) is 0.800. The highest BCUT2D eigenvalue weighted by atomic mass is 127. The highest BCUT2D eigenvalue weighted by Crippen LogP contribution is 2.20. The molecule has 0 radical (unpaired) electrons. The van der Waals surface area contributed by atoms with Gasteiger partial charge in [0, 0.05) is 8.90 Å². The molecule has 1 rings (SSSR count). The van der Waals surface area contributed by atoms with Crippen LogP contribution in [0.1, 0.15) is 5.56 Å². The molecule has 0 aromatic heterocycles. The van der Waals surface area contributed by atoms with E-state index in [1.54, 1.807) is 0 Å². The van der Waals surface area contributed by atoms with Crippen LogP contribution in [0.15, 0.2) is 18.2 Å². The molecule has 60 valence electrons. The maximum Gasteiger partial charge on any atom is 0.0536 e. The summed E-state index contributed by atoms with van der Waals surface area (Å²) in [5.74, 6) is 5.32. The van der Waals surface area contributed by atoms with Gasteiger partial charge in [-0.25, -0.2) is 0 Å². The van der Waals surface area contributed by atoms with E-state index in [1.165, 1.54) is 9.13 Å². The molecule has 0 aliphatic heterocycles. The lowest BCUT2D eigenvalue weighted by atomic mass is 10.2. The lowest BCUT2D eigenvalue weighted by Gasteiger charge is -2.05. The highest BCUT2D eigenvalue weighted by Gasteiger charge is 1.98. The summed E-state index contributed by atoms with van der Waals surface area (Å²) in [5.41, 5.74) is 4.81. The summed E-state index contributed by atoms with van der Waals surface area (Å²) in [6, 6.07) is 6.11. The van der Waals surface area contributed by atoms with Gasteiger partial charge in [0.2, 0.25) is 0 Å². The van der Waals surface area contributed by atoms with Gasteiger partial charge in [0.1, 0.15) is 0 Å². The van der Waals surface area contributed by atoms with Gasteiger partial charge in [-0.15, -0.1) is 0 Å². The van der Waals surface area contributed by atoms with Crippen LogP contribution in [-0.4, -0.2) is 0 Å². The average molecular weight is 327 g/mol. The van der Waals surface area contributed by atoms with Crippen LogP contribution in [0.25, 0.3) is 0 Å². The number of anilines is 1. The van der Waals surface area contributed by atoms with E-state index in [2.05, 4.69) is 50.0 Å². The first-order valence-corrected chi connectivity index (χ1v) is 5.29. The van der Waals surface area contributed by atoms with Crippen LogP contribution in [0.4, 0.5) is 5.69 Å². The van der Waals surface area contributed by atoms with Crippen molar-refractivity contribution in [3.05, 3.63) is 27.3 Å². The molecule has 2 nitrogen and oxygen atoms in total. The molecule has 0 unspecified atom stereocenters. The molecule has 0 aliphatic carbocycles. The Morgan fingerprint density at radius 3 is 2.82 bits per heavy atom. The first kappa shape index (κ1) is 9.28. The van der Waals surface area contributed by atoms with Gasteiger partial charge in [-0.1, -0.05) is 22.0 Å². The van der Waals surface area contributed by atoms with Crippen LogP contribution >= 0.6 is 38.5 Å². The van der Waals surface area contributed by atoms with Crippen molar-refractivity contribution in [3.63, 3.8) is 0 Å². The van der Waals surface area contributed by atoms with Crippen molar-refractivity contribution in [2.24, 2.45) is 5.84 Å². The fraction of sp³-hybridized carbons (Fsp3) is 0.143. The second kappa shape index (κ2) is 4.27. The topological polar surface area (TPSA) is 38.0 Å². The molecule has 0 bridgehead atoms. The van der Waals surface area contributed by atoms with Crippen LogP contribution in [0.3, 0.4) is 0 Å². The number of alkyl halides is 1. The van der Waals surface area contributed by atoms with E-state index in [9.17, 15) is 0 Å². The number of nitrogens with two attached hydrogens (primary N) is 1. The second-order valence-electron chi connectivity index (χ2n) is 2.08. The van der Waals surface area contributed by atoms with Crippen LogP contribution < -0.4 is 11.3 Å². The van der Waals surface area contributed by atoms with Crippen LogP contribution in [0.5, 0.6) is 0 Å². The van der Waals surface area contributed by atoms with Crippen molar-refractivity contribution in [1.29, 1.82) is 0 Å². The number of rotatable bonds is 2. The third-order valence-corrected chi connectivity index (χ3v) is 2.65. The quantitative estimate of drug-likeness (QED) is 0.379. The normalized spacial score (nSPS) is 9.73. The van der Waals surface area contributed by atoms with Gasteiger partial charge in [0.15, 0.2) is 0 Å². The molecule has 0 saturated heterocycles. The first-order valence-electron chi connectivity index (χ1n) is 3.09. The summed E-state index contributed by atoms with van der Waals surface area (Å²) in [7, 11) is 0. The Labute approximate surface area is 87.8 Å². The molecule has 3 N–H and O–H groups in total. The lowest BCUT2D eigenvalue weighted by Crippen LogP contribution is -2.08. The minimum absolute atomic E-state index is 0.823. The Morgan fingerprint density at radius 1 is 1.55 bits per heavy atom. The minimum Gasteiger partial charge on any atom is -0.324 e. The fourth-order valence-corrected chi connectivity index (χ4v) is 1.78. The van der Waals surface area contributed by atoms with E-state index in [4.69, 9.17) is 5.84 Å². The Balaban J connectivity index is 3.06. The third-order valence-electron chi connectivity index (χ3n) is 1.37. The first-order chi connectivity index (χ1) is 5.27. The molecule has 0 saturated carbocycles. The molecule has 1 aromatic rings. The number of hydrazine groups is 1. The second-order valence-corrected chi connectivity index (χ2v) is 3.89. The highest BCUT2D eigenvalue weighted by molar-refractivity contribution is 14.1. The van der Waals surface area contributed by atoms with Gasteiger partial charge in [-0.05, 0) is 40.3 Å². The van der Waals surface area contributed by atoms with E-state index in [0.717, 1.165) is 11.0 Å². The third kappa shape index (κ3) is 2.31. The van der Waals surface area contributed by atoms with Crippen LogP contribution in [0, 0.1) is 3.57 Å². The lowest BCUT2D eigenvalue weighted by molar-refractivity contribution is 1.29. The standard InChI is InChI=1S/C7H8BrIN2/c8-4-5-1-2-6(9)3-7(5)11-10/h1-3,11H,4,10H2. The molecule has 1 aromatic carbocycles. The zero-order chi connectivity index (χ0) is 8.27. The van der Waals surface area contributed by atoms with E-state index in [0.29, 0.717) is 0 Å². The molecule has 0 heterocycles. The predicted molar refractivity (Wildman–Crippen MR) is 59.6 cm³/mol. The molecule has 0 atom stereocenters. The Kier molecular flexibility index (Phi) is 3.61.